The highest BCUT2D eigenvalue weighted by atomic mass is 32.2. The Bertz CT molecular complexity index is 1880. The summed E-state index contributed by atoms with van der Waals surface area (Å²) in [5.41, 5.74) is 4.20. The first-order chi connectivity index (χ1) is 22.2. The van der Waals surface area contributed by atoms with Gasteiger partial charge in [0, 0.05) is 29.8 Å². The summed E-state index contributed by atoms with van der Waals surface area (Å²) >= 11 is 0. The van der Waals surface area contributed by atoms with Gasteiger partial charge in [0.15, 0.2) is 6.29 Å². The van der Waals surface area contributed by atoms with E-state index in [1.54, 1.807) is 48.5 Å². The van der Waals surface area contributed by atoms with Gasteiger partial charge in [-0.1, -0.05) is 97.9 Å². The molecule has 0 unspecified atom stereocenters. The molecule has 5 aromatic carbocycles. The zero-order chi connectivity index (χ0) is 32.3. The number of ether oxygens (including phenoxy) is 2. The van der Waals surface area contributed by atoms with E-state index in [4.69, 9.17) is 9.47 Å². The highest BCUT2D eigenvalue weighted by molar-refractivity contribution is 7.92. The molecule has 0 radical (unpaired) electrons. The number of benzene rings is 5. The van der Waals surface area contributed by atoms with E-state index >= 15 is 0 Å². The molecule has 0 amide bonds. The second-order valence-electron chi connectivity index (χ2n) is 12.1. The van der Waals surface area contributed by atoms with Gasteiger partial charge in [0.05, 0.1) is 23.7 Å². The van der Waals surface area contributed by atoms with Crippen LogP contribution in [0.4, 0.5) is 5.69 Å². The molecule has 238 valence electrons. The minimum atomic E-state index is -3.77. The molecule has 0 saturated carbocycles. The van der Waals surface area contributed by atoms with Crippen LogP contribution in [-0.4, -0.2) is 38.1 Å². The number of fused-ring (bicyclic) bond motifs is 1. The molecular weight excluding hydrogens is 596 g/mol. The van der Waals surface area contributed by atoms with Gasteiger partial charge in [-0.05, 0) is 71.8 Å². The Morgan fingerprint density at radius 1 is 0.804 bits per heavy atom. The Balaban J connectivity index is 1.27. The third-order valence-electron chi connectivity index (χ3n) is 8.97. The predicted octanol–water partition coefficient (Wildman–Crippen LogP) is 7.62. The maximum atomic E-state index is 13.1. The first-order valence-electron chi connectivity index (χ1n) is 15.6. The van der Waals surface area contributed by atoms with E-state index in [2.05, 4.69) is 73.0 Å². The van der Waals surface area contributed by atoms with Crippen molar-refractivity contribution in [1.82, 2.24) is 4.90 Å². The van der Waals surface area contributed by atoms with Crippen molar-refractivity contribution < 1.29 is 23.0 Å². The second-order valence-corrected chi connectivity index (χ2v) is 13.8. The van der Waals surface area contributed by atoms with Gasteiger partial charge in [-0.2, -0.15) is 0 Å². The van der Waals surface area contributed by atoms with Crippen molar-refractivity contribution in [1.29, 1.82) is 0 Å². The Hall–Kier alpha value is -4.05. The first-order valence-corrected chi connectivity index (χ1v) is 17.1. The number of aliphatic hydroxyl groups is 1. The van der Waals surface area contributed by atoms with E-state index in [9.17, 15) is 13.5 Å². The molecule has 5 atom stereocenters. The summed E-state index contributed by atoms with van der Waals surface area (Å²) in [5, 5.41) is 12.0. The molecule has 0 aromatic heterocycles. The SMILES string of the molecule is C[C@@H]1[C@H](CN(C)[C@H](C)c2ccc3ccccc3c2)O[C@H](c2cccc(NS(=O)(=O)c3ccccc3)c2)O[C@@H]1c1ccc(CO)cc1. The lowest BCUT2D eigenvalue weighted by Gasteiger charge is -2.43. The quantitative estimate of drug-likeness (QED) is 0.164. The topological polar surface area (TPSA) is 88.1 Å². The van der Waals surface area contributed by atoms with Crippen molar-refractivity contribution in [2.24, 2.45) is 5.92 Å². The summed E-state index contributed by atoms with van der Waals surface area (Å²) in [7, 11) is -1.65. The van der Waals surface area contributed by atoms with Gasteiger partial charge in [-0.15, -0.1) is 0 Å². The van der Waals surface area contributed by atoms with E-state index in [1.807, 2.05) is 30.3 Å². The van der Waals surface area contributed by atoms with Crippen LogP contribution >= 0.6 is 0 Å². The molecule has 1 fully saturated rings. The van der Waals surface area contributed by atoms with Crippen molar-refractivity contribution in [2.45, 2.75) is 49.9 Å². The monoisotopic (exact) mass is 636 g/mol. The average molecular weight is 637 g/mol. The molecule has 7 nitrogen and oxygen atoms in total. The van der Waals surface area contributed by atoms with Gasteiger partial charge >= 0.3 is 0 Å². The molecule has 1 saturated heterocycles. The zero-order valence-electron chi connectivity index (χ0n) is 26.3. The molecule has 1 heterocycles. The lowest BCUT2D eigenvalue weighted by molar-refractivity contribution is -0.276. The van der Waals surface area contributed by atoms with Crippen molar-refractivity contribution in [3.05, 3.63) is 144 Å². The second kappa shape index (κ2) is 13.7. The predicted molar refractivity (Wildman–Crippen MR) is 182 cm³/mol. The number of aliphatic hydroxyl groups excluding tert-OH is 1. The number of likely N-dealkylation sites (N-methyl/N-ethyl adjacent to an activating group) is 1. The molecule has 0 bridgehead atoms. The van der Waals surface area contributed by atoms with Crippen LogP contribution in [0.15, 0.2) is 126 Å². The van der Waals surface area contributed by atoms with Crippen molar-refractivity contribution in [3.8, 4) is 0 Å². The van der Waals surface area contributed by atoms with Crippen LogP contribution in [0.25, 0.3) is 10.8 Å². The van der Waals surface area contributed by atoms with Gasteiger partial charge in [0.2, 0.25) is 0 Å². The maximum absolute atomic E-state index is 13.1. The van der Waals surface area contributed by atoms with E-state index < -0.39 is 16.3 Å². The molecule has 1 aliphatic heterocycles. The standard InChI is InChI=1S/C38H40N2O5S/c1-26-36(24-40(3)27(2)31-21-20-29-10-7-8-11-32(29)22-31)44-38(45-37(26)30-18-16-28(25-41)17-19-30)33-12-9-13-34(23-33)39-46(42,43)35-14-5-4-6-15-35/h4-23,26-27,36-39,41H,24-25H2,1-3H3/t26-,27-,36+,37+,38+/m1/s1. The Labute approximate surface area is 271 Å². The molecule has 5 aromatic rings. The van der Waals surface area contributed by atoms with Crippen LogP contribution in [0, 0.1) is 5.92 Å². The molecular formula is C38H40N2O5S. The molecule has 1 aliphatic rings. The molecule has 0 aliphatic carbocycles. The number of hydrogen-bond donors (Lipinski definition) is 2. The van der Waals surface area contributed by atoms with Gasteiger partial charge < -0.3 is 14.6 Å². The lowest BCUT2D eigenvalue weighted by atomic mass is 9.89. The van der Waals surface area contributed by atoms with Crippen molar-refractivity contribution in [2.75, 3.05) is 18.3 Å². The number of anilines is 1. The summed E-state index contributed by atoms with van der Waals surface area (Å²) < 4.78 is 42.1. The maximum Gasteiger partial charge on any atom is 0.261 e. The van der Waals surface area contributed by atoms with Gasteiger partial charge in [-0.25, -0.2) is 8.42 Å². The van der Waals surface area contributed by atoms with Crippen LogP contribution in [0.2, 0.25) is 0 Å². The molecule has 8 heteroatoms. The van der Waals surface area contributed by atoms with Crippen LogP contribution in [0.1, 0.15) is 54.5 Å². The van der Waals surface area contributed by atoms with Crippen LogP contribution < -0.4 is 4.72 Å². The Morgan fingerprint density at radius 3 is 2.26 bits per heavy atom. The van der Waals surface area contributed by atoms with Crippen molar-refractivity contribution in [3.63, 3.8) is 0 Å². The van der Waals surface area contributed by atoms with Crippen LogP contribution in [0.5, 0.6) is 0 Å². The lowest BCUT2D eigenvalue weighted by Crippen LogP contribution is -2.44. The summed E-state index contributed by atoms with van der Waals surface area (Å²) in [6.45, 7) is 4.98. The fourth-order valence-electron chi connectivity index (χ4n) is 6.05. The Morgan fingerprint density at radius 2 is 1.52 bits per heavy atom. The largest absolute Gasteiger partial charge is 0.392 e. The fraction of sp³-hybridized carbons (Fsp3) is 0.263. The minimum absolute atomic E-state index is 0.00208. The van der Waals surface area contributed by atoms with E-state index in [-0.39, 0.29) is 35.7 Å². The van der Waals surface area contributed by atoms with Crippen LogP contribution in [0.3, 0.4) is 0 Å². The van der Waals surface area contributed by atoms with E-state index in [0.717, 1.165) is 11.1 Å². The number of nitrogens with zero attached hydrogens (tertiary/aromatic N) is 1. The molecule has 0 spiro atoms. The smallest absolute Gasteiger partial charge is 0.261 e. The number of sulfonamides is 1. The van der Waals surface area contributed by atoms with Gasteiger partial charge in [0.1, 0.15) is 0 Å². The summed E-state index contributed by atoms with van der Waals surface area (Å²) in [6, 6.07) is 38.4. The average Bonchev–Trinajstić information content (AvgIpc) is 3.09. The summed E-state index contributed by atoms with van der Waals surface area (Å²) in [6.07, 6.45) is -1.21. The van der Waals surface area contributed by atoms with E-state index in [1.165, 1.54) is 16.3 Å². The summed E-state index contributed by atoms with van der Waals surface area (Å²) in [4.78, 5) is 2.50. The summed E-state index contributed by atoms with van der Waals surface area (Å²) in [5.74, 6) is 0.00208. The molecule has 46 heavy (non-hydrogen) atoms. The van der Waals surface area contributed by atoms with E-state index in [0.29, 0.717) is 17.8 Å². The fourth-order valence-corrected chi connectivity index (χ4v) is 7.13. The number of rotatable bonds is 10. The normalized spacial score (nSPS) is 20.9. The molecule has 6 rings (SSSR count). The third kappa shape index (κ3) is 7.02. The van der Waals surface area contributed by atoms with Gasteiger partial charge in [0.25, 0.3) is 10.0 Å². The van der Waals surface area contributed by atoms with Crippen molar-refractivity contribution >= 4 is 26.5 Å². The number of nitrogens with one attached hydrogen (secondary N) is 1. The van der Waals surface area contributed by atoms with Crippen LogP contribution in [-0.2, 0) is 26.1 Å². The highest BCUT2D eigenvalue weighted by Gasteiger charge is 2.39. The Kier molecular flexibility index (Phi) is 9.54. The zero-order valence-corrected chi connectivity index (χ0v) is 27.1. The van der Waals surface area contributed by atoms with Gasteiger partial charge in [-0.3, -0.25) is 9.62 Å². The third-order valence-corrected chi connectivity index (χ3v) is 10.4. The molecule has 2 N–H and O–H groups in total. The number of hydrogen-bond acceptors (Lipinski definition) is 6. The first kappa shape index (κ1) is 31.9. The highest BCUT2D eigenvalue weighted by Crippen LogP contribution is 2.42. The minimum Gasteiger partial charge on any atom is -0.392 e.